The number of pyridine rings is 1. The van der Waals surface area contributed by atoms with Gasteiger partial charge in [0.05, 0.1) is 16.8 Å². The first-order valence-corrected chi connectivity index (χ1v) is 10.5. The standard InChI is InChI=1S/C22H18BrN3OS/c1-14-10-15(2)20-19(11-14)28-22(25-20)26(13-16-4-3-9-24-12-16)21(27)17-5-7-18(23)8-6-17/h3-12H,13H2,1-2H3. The van der Waals surface area contributed by atoms with Gasteiger partial charge in [-0.25, -0.2) is 4.98 Å². The van der Waals surface area contributed by atoms with Crippen LogP contribution in [-0.4, -0.2) is 15.9 Å². The molecule has 0 radical (unpaired) electrons. The molecule has 140 valence electrons. The molecule has 2 heterocycles. The molecule has 0 fully saturated rings. The van der Waals surface area contributed by atoms with Crippen molar-refractivity contribution in [1.82, 2.24) is 9.97 Å². The lowest BCUT2D eigenvalue weighted by molar-refractivity contribution is 0.0985. The first-order chi connectivity index (χ1) is 13.5. The molecule has 4 aromatic rings. The van der Waals surface area contributed by atoms with E-state index in [4.69, 9.17) is 4.98 Å². The van der Waals surface area contributed by atoms with Gasteiger partial charge in [0.2, 0.25) is 0 Å². The summed E-state index contributed by atoms with van der Waals surface area (Å²) >= 11 is 4.97. The largest absolute Gasteiger partial charge is 0.279 e. The maximum atomic E-state index is 13.3. The van der Waals surface area contributed by atoms with Crippen LogP contribution in [0.1, 0.15) is 27.0 Å². The predicted molar refractivity (Wildman–Crippen MR) is 118 cm³/mol. The van der Waals surface area contributed by atoms with Gasteiger partial charge in [-0.05, 0) is 66.9 Å². The third-order valence-corrected chi connectivity index (χ3v) is 6.00. The highest BCUT2D eigenvalue weighted by atomic mass is 79.9. The zero-order valence-corrected chi connectivity index (χ0v) is 17.9. The normalized spacial score (nSPS) is 11.0. The maximum Gasteiger partial charge on any atom is 0.260 e. The summed E-state index contributed by atoms with van der Waals surface area (Å²) in [4.78, 5) is 24.1. The van der Waals surface area contributed by atoms with Crippen molar-refractivity contribution in [1.29, 1.82) is 0 Å². The number of carbonyl (C=O) groups is 1. The van der Waals surface area contributed by atoms with Crippen LogP contribution in [0.4, 0.5) is 5.13 Å². The van der Waals surface area contributed by atoms with Crippen LogP contribution in [-0.2, 0) is 6.54 Å². The van der Waals surface area contributed by atoms with Crippen molar-refractivity contribution >= 4 is 48.5 Å². The van der Waals surface area contributed by atoms with Crippen molar-refractivity contribution in [3.8, 4) is 0 Å². The molecule has 0 N–H and O–H groups in total. The van der Waals surface area contributed by atoms with E-state index in [1.54, 1.807) is 28.6 Å². The number of aromatic nitrogens is 2. The van der Waals surface area contributed by atoms with E-state index in [0.717, 1.165) is 25.8 Å². The maximum absolute atomic E-state index is 13.3. The number of carbonyl (C=O) groups excluding carboxylic acids is 1. The van der Waals surface area contributed by atoms with E-state index in [0.29, 0.717) is 17.2 Å². The van der Waals surface area contributed by atoms with Gasteiger partial charge in [-0.3, -0.25) is 14.7 Å². The summed E-state index contributed by atoms with van der Waals surface area (Å²) in [5.74, 6) is -0.0789. The highest BCUT2D eigenvalue weighted by Gasteiger charge is 2.22. The summed E-state index contributed by atoms with van der Waals surface area (Å²) in [6, 6.07) is 15.5. The Hall–Kier alpha value is -2.57. The molecule has 0 saturated heterocycles. The van der Waals surface area contributed by atoms with Gasteiger partial charge in [0.25, 0.3) is 5.91 Å². The van der Waals surface area contributed by atoms with Crippen molar-refractivity contribution < 1.29 is 4.79 Å². The Balaban J connectivity index is 1.79. The van der Waals surface area contributed by atoms with E-state index in [1.165, 1.54) is 5.56 Å². The van der Waals surface area contributed by atoms with Gasteiger partial charge in [-0.2, -0.15) is 0 Å². The molecule has 0 spiro atoms. The van der Waals surface area contributed by atoms with E-state index in [-0.39, 0.29) is 5.91 Å². The second kappa shape index (κ2) is 7.81. The molecule has 0 bridgehead atoms. The number of thiazole rings is 1. The zero-order valence-electron chi connectivity index (χ0n) is 15.5. The van der Waals surface area contributed by atoms with Crippen LogP contribution in [0.15, 0.2) is 65.4 Å². The number of benzene rings is 2. The Morgan fingerprint density at radius 3 is 2.64 bits per heavy atom. The molecule has 4 nitrogen and oxygen atoms in total. The number of hydrogen-bond donors (Lipinski definition) is 0. The Bertz CT molecular complexity index is 1140. The van der Waals surface area contributed by atoms with E-state index >= 15 is 0 Å². The summed E-state index contributed by atoms with van der Waals surface area (Å²) in [6.45, 7) is 4.55. The van der Waals surface area contributed by atoms with Crippen LogP contribution in [0, 0.1) is 13.8 Å². The summed E-state index contributed by atoms with van der Waals surface area (Å²) < 4.78 is 2.03. The Kier molecular flexibility index (Phi) is 5.24. The van der Waals surface area contributed by atoms with Gasteiger partial charge in [0.1, 0.15) is 0 Å². The van der Waals surface area contributed by atoms with Crippen molar-refractivity contribution in [3.05, 3.63) is 87.7 Å². The third-order valence-electron chi connectivity index (χ3n) is 4.45. The van der Waals surface area contributed by atoms with Crippen molar-refractivity contribution in [2.24, 2.45) is 0 Å². The summed E-state index contributed by atoms with van der Waals surface area (Å²) in [5, 5.41) is 0.695. The van der Waals surface area contributed by atoms with Crippen LogP contribution in [0.3, 0.4) is 0 Å². The second-order valence-corrected chi connectivity index (χ2v) is 8.61. The molecule has 0 aliphatic rings. The minimum Gasteiger partial charge on any atom is -0.279 e. The van der Waals surface area contributed by atoms with Crippen LogP contribution < -0.4 is 4.90 Å². The number of amides is 1. The topological polar surface area (TPSA) is 46.1 Å². The molecule has 6 heteroatoms. The lowest BCUT2D eigenvalue weighted by Gasteiger charge is -2.20. The fourth-order valence-corrected chi connectivity index (χ4v) is 4.53. The average Bonchev–Trinajstić information content (AvgIpc) is 3.11. The molecule has 0 unspecified atom stereocenters. The zero-order chi connectivity index (χ0) is 19.7. The molecule has 0 atom stereocenters. The Morgan fingerprint density at radius 2 is 1.93 bits per heavy atom. The van der Waals surface area contributed by atoms with E-state index in [1.807, 2.05) is 36.4 Å². The van der Waals surface area contributed by atoms with Crippen molar-refractivity contribution in [2.45, 2.75) is 20.4 Å². The smallest absolute Gasteiger partial charge is 0.260 e. The Morgan fingerprint density at radius 1 is 1.14 bits per heavy atom. The summed E-state index contributed by atoms with van der Waals surface area (Å²) in [6.07, 6.45) is 3.51. The molecule has 2 aromatic heterocycles. The third kappa shape index (κ3) is 3.84. The number of halogens is 1. The van der Waals surface area contributed by atoms with Crippen LogP contribution in [0.2, 0.25) is 0 Å². The fourth-order valence-electron chi connectivity index (χ4n) is 3.12. The quantitative estimate of drug-likeness (QED) is 0.386. The monoisotopic (exact) mass is 451 g/mol. The first-order valence-electron chi connectivity index (χ1n) is 8.85. The number of hydrogen-bond acceptors (Lipinski definition) is 4. The van der Waals surface area contributed by atoms with Crippen LogP contribution in [0.5, 0.6) is 0 Å². The summed E-state index contributed by atoms with van der Waals surface area (Å²) in [5.41, 5.74) is 4.85. The Labute approximate surface area is 176 Å². The molecule has 1 amide bonds. The SMILES string of the molecule is Cc1cc(C)c2nc(N(Cc3cccnc3)C(=O)c3ccc(Br)cc3)sc2c1. The highest BCUT2D eigenvalue weighted by Crippen LogP contribution is 2.33. The van der Waals surface area contributed by atoms with Gasteiger partial charge in [-0.1, -0.05) is 39.4 Å². The van der Waals surface area contributed by atoms with Gasteiger partial charge in [-0.15, -0.1) is 0 Å². The lowest BCUT2D eigenvalue weighted by Crippen LogP contribution is -2.30. The van der Waals surface area contributed by atoms with Gasteiger partial charge < -0.3 is 0 Å². The number of fused-ring (bicyclic) bond motifs is 1. The van der Waals surface area contributed by atoms with E-state index in [2.05, 4.69) is 46.9 Å². The molecule has 0 aliphatic carbocycles. The van der Waals surface area contributed by atoms with E-state index in [9.17, 15) is 4.79 Å². The number of anilines is 1. The number of aryl methyl sites for hydroxylation is 2. The van der Waals surface area contributed by atoms with Gasteiger partial charge in [0, 0.05) is 22.4 Å². The number of nitrogens with zero attached hydrogens (tertiary/aromatic N) is 3. The van der Waals surface area contributed by atoms with Crippen molar-refractivity contribution in [3.63, 3.8) is 0 Å². The van der Waals surface area contributed by atoms with Gasteiger partial charge >= 0.3 is 0 Å². The van der Waals surface area contributed by atoms with Crippen LogP contribution >= 0.6 is 27.3 Å². The van der Waals surface area contributed by atoms with Crippen LogP contribution in [0.25, 0.3) is 10.2 Å². The highest BCUT2D eigenvalue weighted by molar-refractivity contribution is 9.10. The van der Waals surface area contributed by atoms with Crippen molar-refractivity contribution in [2.75, 3.05) is 4.90 Å². The van der Waals surface area contributed by atoms with E-state index < -0.39 is 0 Å². The minimum atomic E-state index is -0.0789. The minimum absolute atomic E-state index is 0.0789. The molecule has 28 heavy (non-hydrogen) atoms. The summed E-state index contributed by atoms with van der Waals surface area (Å²) in [7, 11) is 0. The molecular formula is C22H18BrN3OS. The molecule has 0 aliphatic heterocycles. The molecule has 0 saturated carbocycles. The lowest BCUT2D eigenvalue weighted by atomic mass is 10.1. The molecule has 2 aromatic carbocycles. The first kappa shape index (κ1) is 18.8. The van der Waals surface area contributed by atoms with Gasteiger partial charge in [0.15, 0.2) is 5.13 Å². The fraction of sp³-hybridized carbons (Fsp3) is 0.136. The molecule has 4 rings (SSSR count). The predicted octanol–water partition coefficient (Wildman–Crippen LogP) is 5.92. The number of rotatable bonds is 4. The average molecular weight is 452 g/mol. The second-order valence-electron chi connectivity index (χ2n) is 6.68. The molecular weight excluding hydrogens is 434 g/mol.